The molecule has 1 aromatic heterocycles. The predicted octanol–water partition coefficient (Wildman–Crippen LogP) is 5.57. The number of nitro groups is 1. The largest absolute Gasteiger partial charge is 0.490 e. The van der Waals surface area contributed by atoms with Crippen molar-refractivity contribution in [3.63, 3.8) is 0 Å². The maximum atomic E-state index is 13.3. The van der Waals surface area contributed by atoms with Gasteiger partial charge in [0, 0.05) is 22.2 Å². The van der Waals surface area contributed by atoms with Gasteiger partial charge in [-0.15, -0.1) is 0 Å². The fourth-order valence-corrected chi connectivity index (χ4v) is 5.03. The molecule has 0 saturated carbocycles. The van der Waals surface area contributed by atoms with Crippen LogP contribution in [-0.4, -0.2) is 33.0 Å². The number of nitrogens with zero attached hydrogens (tertiary/aromatic N) is 1. The first kappa shape index (κ1) is 25.0. The number of aryl methyl sites for hydroxylation is 1. The van der Waals surface area contributed by atoms with Crippen molar-refractivity contribution in [2.75, 3.05) is 18.4 Å². The van der Waals surface area contributed by atoms with E-state index in [0.717, 1.165) is 12.5 Å². The van der Waals surface area contributed by atoms with Gasteiger partial charge in [-0.3, -0.25) is 14.8 Å². The number of nitro benzene ring substituents is 1. The molecule has 10 nitrogen and oxygen atoms in total. The summed E-state index contributed by atoms with van der Waals surface area (Å²) in [5, 5.41) is 12.9. The van der Waals surface area contributed by atoms with Gasteiger partial charge in [-0.2, -0.15) is 0 Å². The molecular weight excluding hydrogens is 488 g/mol. The second-order valence-electron chi connectivity index (χ2n) is 8.07. The van der Waals surface area contributed by atoms with Crippen LogP contribution in [0.4, 0.5) is 11.4 Å². The lowest BCUT2D eigenvalue weighted by Crippen LogP contribution is -2.14. The van der Waals surface area contributed by atoms with Crippen LogP contribution in [0.1, 0.15) is 35.9 Å². The molecule has 0 radical (unpaired) electrons. The summed E-state index contributed by atoms with van der Waals surface area (Å²) in [6.07, 6.45) is 1.57. The average Bonchev–Trinajstić information content (AvgIpc) is 3.19. The molecule has 0 unspecified atom stereocenters. The Morgan fingerprint density at radius 3 is 2.50 bits per heavy atom. The summed E-state index contributed by atoms with van der Waals surface area (Å²) < 4.78 is 45.3. The Kier molecular flexibility index (Phi) is 6.84. The van der Waals surface area contributed by atoms with Crippen molar-refractivity contribution in [2.45, 2.75) is 31.6 Å². The second-order valence-corrected chi connectivity index (χ2v) is 9.75. The molecule has 4 rings (SSSR count). The van der Waals surface area contributed by atoms with Crippen LogP contribution in [0.2, 0.25) is 0 Å². The molecule has 11 heteroatoms. The number of hydrogen-bond donors (Lipinski definition) is 1. The smallest absolute Gasteiger partial charge is 0.342 e. The summed E-state index contributed by atoms with van der Waals surface area (Å²) in [4.78, 5) is 23.2. The molecule has 0 fully saturated rings. The van der Waals surface area contributed by atoms with Crippen molar-refractivity contribution in [1.82, 2.24) is 0 Å². The van der Waals surface area contributed by atoms with Crippen molar-refractivity contribution in [3.8, 4) is 5.75 Å². The quantitative estimate of drug-likeness (QED) is 0.133. The zero-order chi connectivity index (χ0) is 26.0. The Hall–Kier alpha value is -4.12. The number of sulfonamides is 1. The van der Waals surface area contributed by atoms with E-state index in [0.29, 0.717) is 33.9 Å². The van der Waals surface area contributed by atoms with Gasteiger partial charge in [-0.25, -0.2) is 13.2 Å². The Bertz CT molecular complexity index is 1590. The van der Waals surface area contributed by atoms with Gasteiger partial charge >= 0.3 is 11.7 Å². The molecule has 0 aliphatic carbocycles. The third-order valence-electron chi connectivity index (χ3n) is 5.71. The van der Waals surface area contributed by atoms with Crippen molar-refractivity contribution in [1.29, 1.82) is 0 Å². The number of fused-ring (bicyclic) bond motifs is 3. The molecule has 0 saturated heterocycles. The summed E-state index contributed by atoms with van der Waals surface area (Å²) in [7, 11) is -3.00. The van der Waals surface area contributed by atoms with E-state index in [-0.39, 0.29) is 28.5 Å². The lowest BCUT2D eigenvalue weighted by atomic mass is 10.0. The summed E-state index contributed by atoms with van der Waals surface area (Å²) >= 11 is 0. The number of nitrogens with one attached hydrogen (secondary N) is 1. The molecule has 0 amide bonds. The van der Waals surface area contributed by atoms with Crippen molar-refractivity contribution in [3.05, 3.63) is 70.0 Å². The standard InChI is InChI=1S/C25H24N2O8S/c1-4-5-12-34-25(28)23-15(2)35-24-18-9-7-6-8-17(18)20(14-19(23)24)26-36(31,32)16-10-11-22(33-3)21(13-16)27(29)30/h6-11,13-14,26H,4-5,12H2,1-3H3. The second kappa shape index (κ2) is 9.86. The molecule has 0 bridgehead atoms. The highest BCUT2D eigenvalue weighted by atomic mass is 32.2. The minimum absolute atomic E-state index is 0.0640. The van der Waals surface area contributed by atoms with E-state index in [2.05, 4.69) is 4.72 Å². The molecule has 0 aliphatic heterocycles. The number of hydrogen-bond acceptors (Lipinski definition) is 8. The average molecular weight is 513 g/mol. The number of benzene rings is 3. The minimum Gasteiger partial charge on any atom is -0.490 e. The molecule has 0 spiro atoms. The van der Waals surface area contributed by atoms with E-state index in [1.165, 1.54) is 25.3 Å². The molecule has 0 aliphatic rings. The first-order valence-corrected chi connectivity index (χ1v) is 12.6. The maximum Gasteiger partial charge on any atom is 0.342 e. The Labute approximate surface area is 207 Å². The fourth-order valence-electron chi connectivity index (χ4n) is 3.94. The van der Waals surface area contributed by atoms with E-state index in [1.807, 2.05) is 6.92 Å². The third-order valence-corrected chi connectivity index (χ3v) is 7.07. The highest BCUT2D eigenvalue weighted by molar-refractivity contribution is 7.92. The van der Waals surface area contributed by atoms with Crippen LogP contribution < -0.4 is 9.46 Å². The topological polar surface area (TPSA) is 138 Å². The molecule has 36 heavy (non-hydrogen) atoms. The molecule has 188 valence electrons. The monoisotopic (exact) mass is 512 g/mol. The van der Waals surface area contributed by atoms with E-state index >= 15 is 0 Å². The number of carbonyl (C=O) groups excluding carboxylic acids is 1. The van der Waals surface area contributed by atoms with Gasteiger partial charge in [0.25, 0.3) is 10.0 Å². The van der Waals surface area contributed by atoms with Crippen LogP contribution in [0, 0.1) is 17.0 Å². The first-order valence-electron chi connectivity index (χ1n) is 11.1. The van der Waals surface area contributed by atoms with Crippen LogP contribution in [0.15, 0.2) is 57.8 Å². The van der Waals surface area contributed by atoms with E-state index in [4.69, 9.17) is 13.9 Å². The summed E-state index contributed by atoms with van der Waals surface area (Å²) in [6, 6.07) is 11.8. The highest BCUT2D eigenvalue weighted by Crippen LogP contribution is 2.38. The molecule has 4 aromatic rings. The van der Waals surface area contributed by atoms with Crippen molar-refractivity contribution < 1.29 is 32.0 Å². The Balaban J connectivity index is 1.85. The number of ether oxygens (including phenoxy) is 2. The van der Waals surface area contributed by atoms with Crippen molar-refractivity contribution >= 4 is 49.1 Å². The van der Waals surface area contributed by atoms with Crippen molar-refractivity contribution in [2.24, 2.45) is 0 Å². The Morgan fingerprint density at radius 2 is 1.83 bits per heavy atom. The van der Waals surface area contributed by atoms with E-state index in [1.54, 1.807) is 31.2 Å². The molecule has 3 aromatic carbocycles. The lowest BCUT2D eigenvalue weighted by molar-refractivity contribution is -0.386. The lowest BCUT2D eigenvalue weighted by Gasteiger charge is -2.12. The number of carbonyl (C=O) groups is 1. The Morgan fingerprint density at radius 1 is 1.11 bits per heavy atom. The molecular formula is C25H24N2O8S. The summed E-state index contributed by atoms with van der Waals surface area (Å²) in [5.41, 5.74) is 0.337. The number of anilines is 1. The molecule has 1 heterocycles. The van der Waals surface area contributed by atoms with Crippen LogP contribution >= 0.6 is 0 Å². The minimum atomic E-state index is -4.26. The molecule has 1 N–H and O–H groups in total. The number of unbranched alkanes of at least 4 members (excludes halogenated alkanes) is 1. The fraction of sp³-hybridized carbons (Fsp3) is 0.240. The summed E-state index contributed by atoms with van der Waals surface area (Å²) in [6.45, 7) is 3.88. The van der Waals surface area contributed by atoms with Gasteiger partial charge in [-0.05, 0) is 31.5 Å². The predicted molar refractivity (Wildman–Crippen MR) is 134 cm³/mol. The highest BCUT2D eigenvalue weighted by Gasteiger charge is 2.26. The van der Waals surface area contributed by atoms with Gasteiger partial charge in [0.15, 0.2) is 5.75 Å². The number of rotatable bonds is 9. The van der Waals surface area contributed by atoms with E-state index < -0.39 is 26.6 Å². The van der Waals surface area contributed by atoms with E-state index in [9.17, 15) is 23.3 Å². The number of furan rings is 1. The first-order chi connectivity index (χ1) is 17.2. The zero-order valence-electron chi connectivity index (χ0n) is 19.9. The normalized spacial score (nSPS) is 11.5. The van der Waals surface area contributed by atoms with Crippen LogP contribution in [0.25, 0.3) is 21.7 Å². The maximum absolute atomic E-state index is 13.3. The van der Waals surface area contributed by atoms with Crippen LogP contribution in [0.5, 0.6) is 5.75 Å². The third kappa shape index (κ3) is 4.57. The zero-order valence-corrected chi connectivity index (χ0v) is 20.7. The number of esters is 1. The number of methoxy groups -OCH3 is 1. The van der Waals surface area contributed by atoms with Gasteiger partial charge in [0.2, 0.25) is 0 Å². The van der Waals surface area contributed by atoms with Gasteiger partial charge in [-0.1, -0.05) is 37.6 Å². The van der Waals surface area contributed by atoms with Crippen LogP contribution in [0.3, 0.4) is 0 Å². The SMILES string of the molecule is CCCCOC(=O)c1c(C)oc2c1cc(NS(=O)(=O)c1ccc(OC)c([N+](=O)[O-])c1)c1ccccc12. The van der Waals surface area contributed by atoms with Gasteiger partial charge in [0.05, 0.1) is 29.2 Å². The van der Waals surface area contributed by atoms with Gasteiger partial charge < -0.3 is 13.9 Å². The van der Waals surface area contributed by atoms with Gasteiger partial charge in [0.1, 0.15) is 16.9 Å². The van der Waals surface area contributed by atoms with Crippen LogP contribution in [-0.2, 0) is 14.8 Å². The summed E-state index contributed by atoms with van der Waals surface area (Å²) in [5.74, 6) is -0.275. The molecule has 0 atom stereocenters.